The number of nitrogens with zero attached hydrogens (tertiary/aromatic N) is 6. The Morgan fingerprint density at radius 1 is 1.33 bits per heavy atom. The first-order chi connectivity index (χ1) is 13.1. The first kappa shape index (κ1) is 18.1. The predicted octanol–water partition coefficient (Wildman–Crippen LogP) is 1.02. The van der Waals surface area contributed by atoms with Gasteiger partial charge in [-0.3, -0.25) is 14.4 Å². The zero-order valence-corrected chi connectivity index (χ0v) is 16.0. The fourth-order valence-corrected chi connectivity index (χ4v) is 3.83. The standard InChI is InChI=1S/C18H27N7O2/c1-13(17-20-14(2)22-27-17)23-8-10-24(11-9-23)18(26)16-5-7-25(21-16)15-4-3-6-19-12-15/h5,7,13,15,19H,3-4,6,8-12H2,1-2H3. The first-order valence-electron chi connectivity index (χ1n) is 9.71. The monoisotopic (exact) mass is 373 g/mol. The molecule has 0 saturated carbocycles. The van der Waals surface area contributed by atoms with E-state index in [9.17, 15) is 4.79 Å². The number of aryl methyl sites for hydroxylation is 1. The lowest BCUT2D eigenvalue weighted by atomic mass is 10.1. The molecule has 4 heterocycles. The van der Waals surface area contributed by atoms with Crippen molar-refractivity contribution < 1.29 is 9.32 Å². The molecule has 27 heavy (non-hydrogen) atoms. The van der Waals surface area contributed by atoms with Gasteiger partial charge in [0.1, 0.15) is 5.69 Å². The van der Waals surface area contributed by atoms with Crippen molar-refractivity contribution in [3.8, 4) is 0 Å². The molecule has 0 bridgehead atoms. The molecule has 2 unspecified atom stereocenters. The summed E-state index contributed by atoms with van der Waals surface area (Å²) in [4.78, 5) is 21.3. The molecule has 1 amide bonds. The van der Waals surface area contributed by atoms with Gasteiger partial charge in [-0.15, -0.1) is 0 Å². The minimum Gasteiger partial charge on any atom is -0.338 e. The highest BCUT2D eigenvalue weighted by molar-refractivity contribution is 5.92. The second-order valence-corrected chi connectivity index (χ2v) is 7.37. The van der Waals surface area contributed by atoms with Gasteiger partial charge in [-0.2, -0.15) is 10.1 Å². The maximum atomic E-state index is 12.8. The van der Waals surface area contributed by atoms with Crippen LogP contribution in [0.4, 0.5) is 0 Å². The summed E-state index contributed by atoms with van der Waals surface area (Å²) in [6, 6.07) is 2.24. The van der Waals surface area contributed by atoms with Gasteiger partial charge in [-0.25, -0.2) is 0 Å². The van der Waals surface area contributed by atoms with Crippen molar-refractivity contribution in [1.29, 1.82) is 0 Å². The van der Waals surface area contributed by atoms with E-state index in [1.807, 2.05) is 28.8 Å². The van der Waals surface area contributed by atoms with E-state index in [1.54, 1.807) is 0 Å². The normalized spacial score (nSPS) is 22.7. The van der Waals surface area contributed by atoms with Gasteiger partial charge in [0, 0.05) is 38.9 Å². The van der Waals surface area contributed by atoms with Crippen molar-refractivity contribution in [3.63, 3.8) is 0 Å². The minimum absolute atomic E-state index is 0.0125. The Bertz CT molecular complexity index is 772. The van der Waals surface area contributed by atoms with Crippen LogP contribution in [0.3, 0.4) is 0 Å². The summed E-state index contributed by atoms with van der Waals surface area (Å²) < 4.78 is 7.22. The second-order valence-electron chi connectivity index (χ2n) is 7.37. The Morgan fingerprint density at radius 3 is 2.81 bits per heavy atom. The van der Waals surface area contributed by atoms with Crippen LogP contribution in [0, 0.1) is 6.92 Å². The molecule has 9 heteroatoms. The maximum absolute atomic E-state index is 12.8. The number of amides is 1. The molecule has 2 aromatic heterocycles. The molecule has 9 nitrogen and oxygen atoms in total. The highest BCUT2D eigenvalue weighted by Crippen LogP contribution is 2.21. The smallest absolute Gasteiger partial charge is 0.274 e. The Kier molecular flexibility index (Phi) is 5.22. The molecule has 4 rings (SSSR count). The van der Waals surface area contributed by atoms with Crippen LogP contribution in [0.1, 0.15) is 54.1 Å². The van der Waals surface area contributed by atoms with Crippen molar-refractivity contribution in [3.05, 3.63) is 29.7 Å². The van der Waals surface area contributed by atoms with Crippen LogP contribution >= 0.6 is 0 Å². The van der Waals surface area contributed by atoms with Crippen LogP contribution in [0.25, 0.3) is 0 Å². The van der Waals surface area contributed by atoms with Crippen molar-refractivity contribution in [2.75, 3.05) is 39.3 Å². The third-order valence-electron chi connectivity index (χ3n) is 5.52. The summed E-state index contributed by atoms with van der Waals surface area (Å²) in [6.07, 6.45) is 4.18. The van der Waals surface area contributed by atoms with E-state index in [0.29, 0.717) is 36.5 Å². The minimum atomic E-state index is 0.0125. The molecule has 2 aliphatic heterocycles. The van der Waals surface area contributed by atoms with Crippen LogP contribution in [0.15, 0.2) is 16.8 Å². The topological polar surface area (TPSA) is 92.3 Å². The lowest BCUT2D eigenvalue weighted by Gasteiger charge is -2.36. The number of rotatable bonds is 4. The summed E-state index contributed by atoms with van der Waals surface area (Å²) in [5, 5.41) is 11.8. The number of carbonyl (C=O) groups excluding carboxylic acids is 1. The van der Waals surface area contributed by atoms with E-state index in [0.717, 1.165) is 39.0 Å². The number of carbonyl (C=O) groups is 1. The second kappa shape index (κ2) is 7.77. The summed E-state index contributed by atoms with van der Waals surface area (Å²) in [5.74, 6) is 1.29. The number of nitrogens with one attached hydrogen (secondary N) is 1. The number of hydrogen-bond donors (Lipinski definition) is 1. The molecule has 2 aliphatic rings. The molecule has 0 aliphatic carbocycles. The van der Waals surface area contributed by atoms with Gasteiger partial charge in [0.25, 0.3) is 5.91 Å². The van der Waals surface area contributed by atoms with E-state index in [1.165, 1.54) is 0 Å². The van der Waals surface area contributed by atoms with Gasteiger partial charge >= 0.3 is 0 Å². The van der Waals surface area contributed by atoms with Crippen LogP contribution in [-0.2, 0) is 0 Å². The quantitative estimate of drug-likeness (QED) is 0.855. The van der Waals surface area contributed by atoms with Gasteiger partial charge in [-0.1, -0.05) is 5.16 Å². The summed E-state index contributed by atoms with van der Waals surface area (Å²) in [7, 11) is 0. The number of piperazine rings is 1. The number of aromatic nitrogens is 4. The van der Waals surface area contributed by atoms with Crippen LogP contribution in [0.2, 0.25) is 0 Å². The fourth-order valence-electron chi connectivity index (χ4n) is 3.83. The molecular formula is C18H27N7O2. The van der Waals surface area contributed by atoms with Crippen molar-refractivity contribution in [2.45, 2.75) is 38.8 Å². The van der Waals surface area contributed by atoms with Gasteiger partial charge in [0.2, 0.25) is 5.89 Å². The van der Waals surface area contributed by atoms with Crippen LogP contribution in [-0.4, -0.2) is 74.9 Å². The van der Waals surface area contributed by atoms with Crippen LogP contribution < -0.4 is 5.32 Å². The molecule has 146 valence electrons. The van der Waals surface area contributed by atoms with Crippen molar-refractivity contribution in [2.24, 2.45) is 0 Å². The zero-order chi connectivity index (χ0) is 18.8. The third kappa shape index (κ3) is 3.89. The lowest BCUT2D eigenvalue weighted by molar-refractivity contribution is 0.0545. The third-order valence-corrected chi connectivity index (χ3v) is 5.52. The molecular weight excluding hydrogens is 346 g/mol. The van der Waals surface area contributed by atoms with Gasteiger partial charge in [0.05, 0.1) is 12.1 Å². The maximum Gasteiger partial charge on any atom is 0.274 e. The Labute approximate surface area is 158 Å². The number of piperidine rings is 1. The highest BCUT2D eigenvalue weighted by atomic mass is 16.5. The predicted molar refractivity (Wildman–Crippen MR) is 98.3 cm³/mol. The lowest BCUT2D eigenvalue weighted by Crippen LogP contribution is -2.49. The number of hydrogen-bond acceptors (Lipinski definition) is 7. The average Bonchev–Trinajstić information content (AvgIpc) is 3.37. The van der Waals surface area contributed by atoms with Gasteiger partial charge in [-0.05, 0) is 39.3 Å². The van der Waals surface area contributed by atoms with Gasteiger partial charge < -0.3 is 14.7 Å². The Balaban J connectivity index is 1.34. The molecule has 0 spiro atoms. The Hall–Kier alpha value is -2.26. The molecule has 2 fully saturated rings. The van der Waals surface area contributed by atoms with E-state index in [2.05, 4.69) is 32.4 Å². The highest BCUT2D eigenvalue weighted by Gasteiger charge is 2.29. The SMILES string of the molecule is Cc1noc(C(C)N2CCN(C(=O)c3ccn(C4CCCNC4)n3)CC2)n1. The van der Waals surface area contributed by atoms with Gasteiger partial charge in [0.15, 0.2) is 5.82 Å². The molecule has 0 radical (unpaired) electrons. The molecule has 2 saturated heterocycles. The molecule has 0 aromatic carbocycles. The van der Waals surface area contributed by atoms with E-state index in [-0.39, 0.29) is 11.9 Å². The molecule has 1 N–H and O–H groups in total. The summed E-state index contributed by atoms with van der Waals surface area (Å²) in [6.45, 7) is 8.77. The summed E-state index contributed by atoms with van der Waals surface area (Å²) in [5.41, 5.74) is 0.537. The Morgan fingerprint density at radius 2 is 2.15 bits per heavy atom. The van der Waals surface area contributed by atoms with E-state index in [4.69, 9.17) is 4.52 Å². The van der Waals surface area contributed by atoms with E-state index < -0.39 is 0 Å². The average molecular weight is 373 g/mol. The fraction of sp³-hybridized carbons (Fsp3) is 0.667. The van der Waals surface area contributed by atoms with Crippen LogP contribution in [0.5, 0.6) is 0 Å². The molecule has 2 atom stereocenters. The van der Waals surface area contributed by atoms with Crippen molar-refractivity contribution in [1.82, 2.24) is 35.0 Å². The van der Waals surface area contributed by atoms with E-state index >= 15 is 0 Å². The first-order valence-corrected chi connectivity index (χ1v) is 9.71. The van der Waals surface area contributed by atoms with Crippen molar-refractivity contribution >= 4 is 5.91 Å². The molecule has 2 aromatic rings. The summed E-state index contributed by atoms with van der Waals surface area (Å²) >= 11 is 0. The largest absolute Gasteiger partial charge is 0.338 e. The zero-order valence-electron chi connectivity index (χ0n) is 16.0.